The maximum absolute atomic E-state index is 3.60. The Morgan fingerprint density at radius 3 is 1.91 bits per heavy atom. The molecular formula is C18H32N4. The van der Waals surface area contributed by atoms with Crippen molar-refractivity contribution in [1.82, 2.24) is 21.3 Å². The third-order valence-electron chi connectivity index (χ3n) is 4.18. The van der Waals surface area contributed by atoms with Crippen molar-refractivity contribution >= 4 is 0 Å². The third-order valence-corrected chi connectivity index (χ3v) is 4.18. The van der Waals surface area contributed by atoms with Crippen molar-refractivity contribution in [2.24, 2.45) is 5.92 Å². The van der Waals surface area contributed by atoms with Gasteiger partial charge in [-0.2, -0.15) is 0 Å². The summed E-state index contributed by atoms with van der Waals surface area (Å²) < 4.78 is 0. The predicted octanol–water partition coefficient (Wildman–Crippen LogP) is 0.916. The normalized spacial score (nSPS) is 20.4. The fraction of sp³-hybridized carbons (Fsp3) is 0.667. The molecule has 1 saturated heterocycles. The molecule has 0 bridgehead atoms. The standard InChI is InChI=1S/C18H32N4/c1-16-3-5-17(6-4-16)13-18-14-21-11-9-19-7-2-8-20-10-12-22-15-18/h3-6,18-22H,2,7-15H2,1H3. The van der Waals surface area contributed by atoms with E-state index in [4.69, 9.17) is 0 Å². The van der Waals surface area contributed by atoms with Crippen LogP contribution in [0, 0.1) is 12.8 Å². The molecular weight excluding hydrogens is 272 g/mol. The molecule has 22 heavy (non-hydrogen) atoms. The highest BCUT2D eigenvalue weighted by atomic mass is 15.0. The van der Waals surface area contributed by atoms with Crippen molar-refractivity contribution in [3.8, 4) is 0 Å². The Bertz CT molecular complexity index is 377. The topological polar surface area (TPSA) is 48.1 Å². The Kier molecular flexibility index (Phi) is 8.49. The van der Waals surface area contributed by atoms with Gasteiger partial charge in [-0.25, -0.2) is 0 Å². The Morgan fingerprint density at radius 2 is 1.32 bits per heavy atom. The van der Waals surface area contributed by atoms with Crippen LogP contribution in [0.4, 0.5) is 0 Å². The molecule has 0 saturated carbocycles. The van der Waals surface area contributed by atoms with Gasteiger partial charge in [-0.15, -0.1) is 0 Å². The Balaban J connectivity index is 1.81. The highest BCUT2D eigenvalue weighted by molar-refractivity contribution is 5.21. The van der Waals surface area contributed by atoms with Crippen LogP contribution < -0.4 is 21.3 Å². The van der Waals surface area contributed by atoms with Crippen LogP contribution in [-0.2, 0) is 6.42 Å². The van der Waals surface area contributed by atoms with E-state index in [1.54, 1.807) is 0 Å². The molecule has 0 amide bonds. The molecule has 124 valence electrons. The summed E-state index contributed by atoms with van der Waals surface area (Å²) in [5, 5.41) is 14.2. The lowest BCUT2D eigenvalue weighted by atomic mass is 9.98. The monoisotopic (exact) mass is 304 g/mol. The van der Waals surface area contributed by atoms with Gasteiger partial charge in [0.2, 0.25) is 0 Å². The van der Waals surface area contributed by atoms with Gasteiger partial charge in [0.1, 0.15) is 0 Å². The van der Waals surface area contributed by atoms with Crippen LogP contribution in [0.25, 0.3) is 0 Å². The number of hydrogen-bond acceptors (Lipinski definition) is 4. The van der Waals surface area contributed by atoms with Crippen molar-refractivity contribution in [2.45, 2.75) is 19.8 Å². The molecule has 0 unspecified atom stereocenters. The molecule has 1 heterocycles. The summed E-state index contributed by atoms with van der Waals surface area (Å²) in [5.41, 5.74) is 2.78. The second kappa shape index (κ2) is 10.7. The van der Waals surface area contributed by atoms with Crippen LogP contribution in [0.2, 0.25) is 0 Å². The van der Waals surface area contributed by atoms with Gasteiger partial charge in [0.05, 0.1) is 0 Å². The van der Waals surface area contributed by atoms with Crippen molar-refractivity contribution in [2.75, 3.05) is 52.4 Å². The third kappa shape index (κ3) is 7.36. The minimum Gasteiger partial charge on any atom is -0.315 e. The first-order valence-electron chi connectivity index (χ1n) is 8.73. The average Bonchev–Trinajstić information content (AvgIpc) is 2.53. The lowest BCUT2D eigenvalue weighted by Crippen LogP contribution is -2.39. The van der Waals surface area contributed by atoms with E-state index in [-0.39, 0.29) is 0 Å². The fourth-order valence-electron chi connectivity index (χ4n) is 2.83. The predicted molar refractivity (Wildman–Crippen MR) is 94.5 cm³/mol. The van der Waals surface area contributed by atoms with E-state index in [2.05, 4.69) is 52.5 Å². The lowest BCUT2D eigenvalue weighted by molar-refractivity contribution is 0.430. The van der Waals surface area contributed by atoms with E-state index in [1.807, 2.05) is 0 Å². The number of aryl methyl sites for hydroxylation is 1. The first-order valence-corrected chi connectivity index (χ1v) is 8.73. The van der Waals surface area contributed by atoms with Crippen LogP contribution in [0.5, 0.6) is 0 Å². The SMILES string of the molecule is Cc1ccc(CC2CNCCNCCCNCCNC2)cc1. The van der Waals surface area contributed by atoms with E-state index in [9.17, 15) is 0 Å². The summed E-state index contributed by atoms with van der Waals surface area (Å²) in [6.45, 7) is 10.7. The molecule has 1 aliphatic rings. The van der Waals surface area contributed by atoms with E-state index < -0.39 is 0 Å². The van der Waals surface area contributed by atoms with E-state index in [1.165, 1.54) is 17.5 Å². The zero-order valence-corrected chi connectivity index (χ0v) is 14.0. The molecule has 2 rings (SSSR count). The summed E-state index contributed by atoms with van der Waals surface area (Å²) >= 11 is 0. The molecule has 4 heteroatoms. The fourth-order valence-corrected chi connectivity index (χ4v) is 2.83. The Morgan fingerprint density at radius 1 is 0.773 bits per heavy atom. The molecule has 1 aromatic carbocycles. The molecule has 1 aliphatic heterocycles. The first-order chi connectivity index (χ1) is 10.8. The van der Waals surface area contributed by atoms with Gasteiger partial charge in [0.25, 0.3) is 0 Å². The molecule has 0 spiro atoms. The average molecular weight is 304 g/mol. The van der Waals surface area contributed by atoms with Gasteiger partial charge >= 0.3 is 0 Å². The van der Waals surface area contributed by atoms with E-state index in [0.717, 1.165) is 58.8 Å². The summed E-state index contributed by atoms with van der Waals surface area (Å²) in [4.78, 5) is 0. The lowest BCUT2D eigenvalue weighted by Gasteiger charge is -2.20. The minimum absolute atomic E-state index is 0.644. The molecule has 1 fully saturated rings. The number of nitrogens with one attached hydrogen (secondary N) is 4. The summed E-state index contributed by atoms with van der Waals surface area (Å²) in [6.07, 6.45) is 2.34. The summed E-state index contributed by atoms with van der Waals surface area (Å²) in [6, 6.07) is 8.97. The van der Waals surface area contributed by atoms with Crippen LogP contribution in [0.1, 0.15) is 17.5 Å². The molecule has 1 aromatic rings. The zero-order valence-electron chi connectivity index (χ0n) is 14.0. The van der Waals surface area contributed by atoms with Gasteiger partial charge in [-0.05, 0) is 57.4 Å². The highest BCUT2D eigenvalue weighted by Gasteiger charge is 2.09. The van der Waals surface area contributed by atoms with Gasteiger partial charge < -0.3 is 21.3 Å². The summed E-state index contributed by atoms with van der Waals surface area (Å²) in [5.74, 6) is 0.644. The molecule has 4 nitrogen and oxygen atoms in total. The van der Waals surface area contributed by atoms with Gasteiger partial charge in [0.15, 0.2) is 0 Å². The van der Waals surface area contributed by atoms with Crippen LogP contribution in [-0.4, -0.2) is 52.4 Å². The molecule has 0 radical (unpaired) electrons. The number of benzene rings is 1. The minimum atomic E-state index is 0.644. The molecule has 4 N–H and O–H groups in total. The zero-order chi connectivity index (χ0) is 15.5. The highest BCUT2D eigenvalue weighted by Crippen LogP contribution is 2.09. The number of hydrogen-bond donors (Lipinski definition) is 4. The van der Waals surface area contributed by atoms with Crippen molar-refractivity contribution in [3.05, 3.63) is 35.4 Å². The maximum atomic E-state index is 3.60. The van der Waals surface area contributed by atoms with Crippen LogP contribution >= 0.6 is 0 Å². The van der Waals surface area contributed by atoms with Gasteiger partial charge in [0, 0.05) is 26.2 Å². The van der Waals surface area contributed by atoms with Crippen molar-refractivity contribution in [3.63, 3.8) is 0 Å². The van der Waals surface area contributed by atoms with Crippen molar-refractivity contribution < 1.29 is 0 Å². The Labute approximate surface area is 135 Å². The molecule has 0 aliphatic carbocycles. The van der Waals surface area contributed by atoms with E-state index >= 15 is 0 Å². The summed E-state index contributed by atoms with van der Waals surface area (Å²) in [7, 11) is 0. The first kappa shape index (κ1) is 17.4. The number of rotatable bonds is 2. The van der Waals surface area contributed by atoms with Gasteiger partial charge in [-0.1, -0.05) is 29.8 Å². The van der Waals surface area contributed by atoms with Gasteiger partial charge in [-0.3, -0.25) is 0 Å². The smallest absolute Gasteiger partial charge is 0.00768 e. The van der Waals surface area contributed by atoms with Crippen molar-refractivity contribution in [1.29, 1.82) is 0 Å². The largest absolute Gasteiger partial charge is 0.315 e. The van der Waals surface area contributed by atoms with Crippen LogP contribution in [0.15, 0.2) is 24.3 Å². The van der Waals surface area contributed by atoms with Crippen LogP contribution in [0.3, 0.4) is 0 Å². The Hall–Kier alpha value is -0.940. The molecule has 0 atom stereocenters. The maximum Gasteiger partial charge on any atom is 0.00768 e. The second-order valence-corrected chi connectivity index (χ2v) is 6.32. The second-order valence-electron chi connectivity index (χ2n) is 6.32. The van der Waals surface area contributed by atoms with E-state index in [0.29, 0.717) is 5.92 Å². The quantitative estimate of drug-likeness (QED) is 0.656. The molecule has 0 aromatic heterocycles.